The van der Waals surface area contributed by atoms with Gasteiger partial charge in [0.15, 0.2) is 0 Å². The lowest BCUT2D eigenvalue weighted by Gasteiger charge is -2.31. The van der Waals surface area contributed by atoms with Crippen LogP contribution in [0.4, 0.5) is 13.2 Å². The molecule has 1 saturated carbocycles. The first-order valence-electron chi connectivity index (χ1n) is 12.0. The van der Waals surface area contributed by atoms with Crippen LogP contribution >= 0.6 is 11.3 Å². The number of rotatable bonds is 8. The van der Waals surface area contributed by atoms with E-state index in [1.807, 2.05) is 13.2 Å². The van der Waals surface area contributed by atoms with Crippen LogP contribution in [0.3, 0.4) is 0 Å². The van der Waals surface area contributed by atoms with Gasteiger partial charge in [-0.25, -0.2) is 4.98 Å². The van der Waals surface area contributed by atoms with E-state index in [4.69, 9.17) is 0 Å². The van der Waals surface area contributed by atoms with Gasteiger partial charge in [-0.15, -0.1) is 11.3 Å². The van der Waals surface area contributed by atoms with Gasteiger partial charge >= 0.3 is 6.18 Å². The second-order valence-corrected chi connectivity index (χ2v) is 10.6. The molecule has 6 nitrogen and oxygen atoms in total. The summed E-state index contributed by atoms with van der Waals surface area (Å²) in [6, 6.07) is 0.227. The number of hydrogen-bond donors (Lipinski definition) is 1. The molecule has 0 aromatic carbocycles. The third-order valence-electron chi connectivity index (χ3n) is 6.67. The third kappa shape index (κ3) is 7.40. The Kier molecular flexibility index (Phi) is 8.08. The Labute approximate surface area is 202 Å². The maximum Gasteiger partial charge on any atom is 0.389 e. The molecule has 4 rings (SSSR count). The van der Waals surface area contributed by atoms with Gasteiger partial charge < -0.3 is 5.32 Å². The SMILES string of the molecule is Cn1cc(/C=C/C(=O)NC2CCC(CCN3CCc4sc(CCC(F)(F)F)nc4C3)CC2)cn1. The molecule has 186 valence electrons. The van der Waals surface area contributed by atoms with E-state index >= 15 is 0 Å². The number of fused-ring (bicyclic) bond motifs is 1. The molecule has 0 atom stereocenters. The minimum Gasteiger partial charge on any atom is -0.350 e. The van der Waals surface area contributed by atoms with Gasteiger partial charge in [0.1, 0.15) is 0 Å². The van der Waals surface area contributed by atoms with Crippen LogP contribution in [0.25, 0.3) is 6.08 Å². The van der Waals surface area contributed by atoms with Crippen molar-refractivity contribution in [1.29, 1.82) is 0 Å². The Balaban J connectivity index is 1.15. The fraction of sp³-hybridized carbons (Fsp3) is 0.625. The van der Waals surface area contributed by atoms with Crippen molar-refractivity contribution >= 4 is 23.3 Å². The average molecular weight is 496 g/mol. The van der Waals surface area contributed by atoms with Gasteiger partial charge in [-0.2, -0.15) is 18.3 Å². The average Bonchev–Trinajstić information content (AvgIpc) is 3.40. The molecule has 1 amide bonds. The highest BCUT2D eigenvalue weighted by Gasteiger charge is 2.29. The number of nitrogens with one attached hydrogen (secondary N) is 1. The summed E-state index contributed by atoms with van der Waals surface area (Å²) in [5.74, 6) is 0.590. The Bertz CT molecular complexity index is 991. The molecular weight excluding hydrogens is 463 g/mol. The highest BCUT2D eigenvalue weighted by atomic mass is 32.1. The molecule has 2 aromatic heterocycles. The number of carbonyl (C=O) groups excluding carboxylic acids is 1. The molecule has 0 spiro atoms. The number of nitrogens with zero attached hydrogens (tertiary/aromatic N) is 4. The highest BCUT2D eigenvalue weighted by Crippen LogP contribution is 2.30. The van der Waals surface area contributed by atoms with Gasteiger partial charge in [-0.3, -0.25) is 14.4 Å². The van der Waals surface area contributed by atoms with Crippen LogP contribution in [-0.4, -0.2) is 50.9 Å². The van der Waals surface area contributed by atoms with Crippen LogP contribution in [-0.2, 0) is 31.2 Å². The molecule has 0 saturated heterocycles. The highest BCUT2D eigenvalue weighted by molar-refractivity contribution is 7.11. The molecule has 0 bridgehead atoms. The van der Waals surface area contributed by atoms with E-state index in [0.717, 1.165) is 74.3 Å². The van der Waals surface area contributed by atoms with E-state index in [9.17, 15) is 18.0 Å². The molecule has 2 aliphatic rings. The largest absolute Gasteiger partial charge is 0.389 e. The van der Waals surface area contributed by atoms with Crippen molar-refractivity contribution in [2.45, 2.75) is 70.1 Å². The molecule has 1 fully saturated rings. The topological polar surface area (TPSA) is 63.1 Å². The van der Waals surface area contributed by atoms with E-state index in [1.165, 1.54) is 11.3 Å². The number of carbonyl (C=O) groups is 1. The van der Waals surface area contributed by atoms with Crippen LogP contribution in [0.1, 0.15) is 59.7 Å². The Morgan fingerprint density at radius 2 is 2.09 bits per heavy atom. The van der Waals surface area contributed by atoms with E-state index in [0.29, 0.717) is 10.9 Å². The summed E-state index contributed by atoms with van der Waals surface area (Å²) in [7, 11) is 1.84. The number of aromatic nitrogens is 3. The molecule has 10 heteroatoms. The van der Waals surface area contributed by atoms with Gasteiger partial charge in [-0.1, -0.05) is 0 Å². The van der Waals surface area contributed by atoms with E-state index in [2.05, 4.69) is 20.3 Å². The second-order valence-electron chi connectivity index (χ2n) is 9.41. The number of halogens is 3. The van der Waals surface area contributed by atoms with Crippen molar-refractivity contribution in [3.63, 3.8) is 0 Å². The minimum absolute atomic E-state index is 0.0137. The number of hydrogen-bond acceptors (Lipinski definition) is 5. The Hall–Kier alpha value is -2.20. The standard InChI is InChI=1S/C24H32F3N5OS/c1-31-15-18(14-28-31)4-7-22(33)29-19-5-2-17(3-6-19)9-12-32-13-10-21-20(16-32)30-23(34-21)8-11-24(25,26)27/h4,7,14-15,17,19H,2-3,5-6,8-13,16H2,1H3,(H,29,33)/b7-4+. The van der Waals surface area contributed by atoms with Gasteiger partial charge in [0.2, 0.25) is 5.91 Å². The summed E-state index contributed by atoms with van der Waals surface area (Å²) in [6.45, 7) is 2.68. The summed E-state index contributed by atoms with van der Waals surface area (Å²) in [4.78, 5) is 20.2. The van der Waals surface area contributed by atoms with Crippen molar-refractivity contribution in [2.75, 3.05) is 13.1 Å². The van der Waals surface area contributed by atoms with Crippen molar-refractivity contribution in [1.82, 2.24) is 25.0 Å². The number of thiazole rings is 1. The molecule has 34 heavy (non-hydrogen) atoms. The Morgan fingerprint density at radius 1 is 1.29 bits per heavy atom. The molecule has 2 aromatic rings. The number of alkyl halides is 3. The molecule has 0 unspecified atom stereocenters. The van der Waals surface area contributed by atoms with E-state index in [-0.39, 0.29) is 18.4 Å². The summed E-state index contributed by atoms with van der Waals surface area (Å²) in [5, 5.41) is 7.81. The first kappa shape index (κ1) is 24.9. The third-order valence-corrected chi connectivity index (χ3v) is 7.89. The van der Waals surface area contributed by atoms with Gasteiger partial charge in [-0.05, 0) is 57.1 Å². The maximum atomic E-state index is 12.5. The minimum atomic E-state index is -4.13. The summed E-state index contributed by atoms with van der Waals surface area (Å²) in [5.41, 5.74) is 1.88. The second kappa shape index (κ2) is 11.0. The predicted molar refractivity (Wildman–Crippen MR) is 126 cm³/mol. The Morgan fingerprint density at radius 3 is 2.79 bits per heavy atom. The van der Waals surface area contributed by atoms with Crippen LogP contribution in [0, 0.1) is 5.92 Å². The van der Waals surface area contributed by atoms with Crippen LogP contribution < -0.4 is 5.32 Å². The molecule has 1 aliphatic carbocycles. The molecule has 0 radical (unpaired) electrons. The fourth-order valence-electron chi connectivity index (χ4n) is 4.76. The first-order valence-corrected chi connectivity index (χ1v) is 12.8. The van der Waals surface area contributed by atoms with Gasteiger partial charge in [0.05, 0.1) is 16.9 Å². The first-order chi connectivity index (χ1) is 16.2. The smallest absolute Gasteiger partial charge is 0.350 e. The predicted octanol–water partition coefficient (Wildman–Crippen LogP) is 4.51. The molecule has 1 N–H and O–H groups in total. The van der Waals surface area contributed by atoms with E-state index in [1.54, 1.807) is 23.0 Å². The number of amides is 1. The zero-order valence-corrected chi connectivity index (χ0v) is 20.3. The summed E-state index contributed by atoms with van der Waals surface area (Å²) in [6.07, 6.45) is 8.19. The maximum absolute atomic E-state index is 12.5. The molecule has 1 aliphatic heterocycles. The number of aryl methyl sites for hydroxylation is 2. The summed E-state index contributed by atoms with van der Waals surface area (Å²) >= 11 is 1.45. The summed E-state index contributed by atoms with van der Waals surface area (Å²) < 4.78 is 39.2. The normalized spacial score (nSPS) is 21.6. The lowest BCUT2D eigenvalue weighted by Crippen LogP contribution is -2.37. The molecule has 3 heterocycles. The lowest BCUT2D eigenvalue weighted by atomic mass is 9.84. The van der Waals surface area contributed by atoms with Gasteiger partial charge in [0.25, 0.3) is 0 Å². The molecular formula is C24H32F3N5OS. The lowest BCUT2D eigenvalue weighted by molar-refractivity contribution is -0.134. The van der Waals surface area contributed by atoms with E-state index < -0.39 is 12.6 Å². The monoisotopic (exact) mass is 495 g/mol. The van der Waals surface area contributed by atoms with Gasteiger partial charge in [0, 0.05) is 61.7 Å². The van der Waals surface area contributed by atoms with Crippen molar-refractivity contribution < 1.29 is 18.0 Å². The van der Waals surface area contributed by atoms with Crippen LogP contribution in [0.15, 0.2) is 18.5 Å². The quantitative estimate of drug-likeness (QED) is 0.548. The fourth-order valence-corrected chi connectivity index (χ4v) is 5.83. The zero-order chi connectivity index (χ0) is 24.1. The zero-order valence-electron chi connectivity index (χ0n) is 19.5. The van der Waals surface area contributed by atoms with Crippen LogP contribution in [0.5, 0.6) is 0 Å². The van der Waals surface area contributed by atoms with Crippen molar-refractivity contribution in [3.05, 3.63) is 39.6 Å². The van der Waals surface area contributed by atoms with Crippen LogP contribution in [0.2, 0.25) is 0 Å². The van der Waals surface area contributed by atoms with Crippen molar-refractivity contribution in [3.8, 4) is 0 Å². The van der Waals surface area contributed by atoms with Crippen molar-refractivity contribution in [2.24, 2.45) is 13.0 Å².